The normalized spacial score (nSPS) is 15.9. The Hall–Kier alpha value is -2.14. The molecule has 2 aromatic rings. The number of nitrogens with zero attached hydrogens (tertiary/aromatic N) is 2. The fourth-order valence-corrected chi connectivity index (χ4v) is 3.31. The summed E-state index contributed by atoms with van der Waals surface area (Å²) in [5.74, 6) is 0.755. The van der Waals surface area contributed by atoms with Crippen molar-refractivity contribution in [3.63, 3.8) is 0 Å². The number of hydrogen-bond acceptors (Lipinski definition) is 4. The molecule has 1 aromatic heterocycles. The van der Waals surface area contributed by atoms with Crippen molar-refractivity contribution in [3.05, 3.63) is 30.0 Å². The third-order valence-electron chi connectivity index (χ3n) is 4.49. The van der Waals surface area contributed by atoms with E-state index >= 15 is 0 Å². The number of nitrogens with one attached hydrogen (secondary N) is 1. The molecule has 1 aliphatic rings. The lowest BCUT2D eigenvalue weighted by molar-refractivity contribution is -0.117. The molecule has 1 N–H and O–H groups in total. The second-order valence-corrected chi connectivity index (χ2v) is 6.41. The van der Waals surface area contributed by atoms with E-state index in [9.17, 15) is 4.79 Å². The minimum atomic E-state index is 0.0339. The monoisotopic (exact) mass is 327 g/mol. The molecular formula is C19H25N3O2. The topological polar surface area (TPSA) is 54.5 Å². The lowest BCUT2D eigenvalue weighted by Gasteiger charge is -2.19. The maximum atomic E-state index is 12.5. The molecule has 1 amide bonds. The van der Waals surface area contributed by atoms with Crippen LogP contribution in [0.25, 0.3) is 10.9 Å². The number of likely N-dealkylation sites (tertiary alicyclic amines) is 1. The first-order valence-corrected chi connectivity index (χ1v) is 8.64. The number of ether oxygens (including phenoxy) is 1. The Balaban J connectivity index is 1.80. The summed E-state index contributed by atoms with van der Waals surface area (Å²) < 4.78 is 5.39. The van der Waals surface area contributed by atoms with Crippen molar-refractivity contribution in [1.29, 1.82) is 0 Å². The summed E-state index contributed by atoms with van der Waals surface area (Å²) in [4.78, 5) is 19.3. The summed E-state index contributed by atoms with van der Waals surface area (Å²) in [6.07, 6.45) is 4.90. The predicted molar refractivity (Wildman–Crippen MR) is 96.6 cm³/mol. The molecule has 1 aliphatic heterocycles. The van der Waals surface area contributed by atoms with Gasteiger partial charge in [0, 0.05) is 11.1 Å². The first-order chi connectivity index (χ1) is 11.7. The average molecular weight is 327 g/mol. The highest BCUT2D eigenvalue weighted by molar-refractivity contribution is 6.03. The number of anilines is 1. The number of fused-ring (bicyclic) bond motifs is 1. The smallest absolute Gasteiger partial charge is 0.238 e. The van der Waals surface area contributed by atoms with Crippen LogP contribution in [0.15, 0.2) is 24.3 Å². The summed E-state index contributed by atoms with van der Waals surface area (Å²) in [5.41, 5.74) is 2.44. The molecule has 0 saturated carbocycles. The number of aryl methyl sites for hydroxylation is 1. The number of aromatic nitrogens is 1. The Labute approximate surface area is 143 Å². The van der Waals surface area contributed by atoms with Gasteiger partial charge in [-0.2, -0.15) is 0 Å². The Morgan fingerprint density at radius 3 is 2.71 bits per heavy atom. The number of carbonyl (C=O) groups is 1. The van der Waals surface area contributed by atoms with Crippen molar-refractivity contribution in [1.82, 2.24) is 9.88 Å². The van der Waals surface area contributed by atoms with Crippen LogP contribution in [0.4, 0.5) is 5.69 Å². The van der Waals surface area contributed by atoms with Gasteiger partial charge in [-0.3, -0.25) is 9.69 Å². The van der Waals surface area contributed by atoms with Gasteiger partial charge in [0.2, 0.25) is 5.91 Å². The molecule has 0 aliphatic carbocycles. The van der Waals surface area contributed by atoms with Gasteiger partial charge in [-0.1, -0.05) is 25.0 Å². The lowest BCUT2D eigenvalue weighted by Crippen LogP contribution is -2.34. The van der Waals surface area contributed by atoms with Crippen molar-refractivity contribution in [2.45, 2.75) is 32.6 Å². The highest BCUT2D eigenvalue weighted by Gasteiger charge is 2.15. The molecule has 5 nitrogen and oxygen atoms in total. The lowest BCUT2D eigenvalue weighted by atomic mass is 10.1. The SMILES string of the molecule is COc1cccc2c(NC(=O)CN3CCCCCC3)cc(C)nc12. The number of pyridine rings is 1. The van der Waals surface area contributed by atoms with Crippen LogP contribution < -0.4 is 10.1 Å². The van der Waals surface area contributed by atoms with Gasteiger partial charge in [0.05, 0.1) is 19.3 Å². The van der Waals surface area contributed by atoms with Crippen molar-refractivity contribution in [3.8, 4) is 5.75 Å². The molecule has 0 atom stereocenters. The van der Waals surface area contributed by atoms with Gasteiger partial charge in [-0.15, -0.1) is 0 Å². The van der Waals surface area contributed by atoms with Crippen LogP contribution in [0.2, 0.25) is 0 Å². The van der Waals surface area contributed by atoms with E-state index in [1.165, 1.54) is 25.7 Å². The first kappa shape index (κ1) is 16.7. The number of methoxy groups -OCH3 is 1. The van der Waals surface area contributed by atoms with Crippen LogP contribution in [0.5, 0.6) is 5.75 Å². The van der Waals surface area contributed by atoms with Crippen LogP contribution in [-0.4, -0.2) is 42.5 Å². The van der Waals surface area contributed by atoms with E-state index in [1.54, 1.807) is 7.11 Å². The second kappa shape index (κ2) is 7.62. The highest BCUT2D eigenvalue weighted by atomic mass is 16.5. The molecule has 3 rings (SSSR count). The summed E-state index contributed by atoms with van der Waals surface area (Å²) in [7, 11) is 1.64. The molecule has 128 valence electrons. The number of hydrogen-bond donors (Lipinski definition) is 1. The number of rotatable bonds is 4. The van der Waals surface area contributed by atoms with Gasteiger partial charge in [0.1, 0.15) is 11.3 Å². The molecular weight excluding hydrogens is 302 g/mol. The Morgan fingerprint density at radius 1 is 1.25 bits per heavy atom. The maximum absolute atomic E-state index is 12.5. The minimum absolute atomic E-state index is 0.0339. The predicted octanol–water partition coefficient (Wildman–Crippen LogP) is 3.37. The van der Waals surface area contributed by atoms with E-state index in [0.717, 1.165) is 41.1 Å². The van der Waals surface area contributed by atoms with E-state index in [1.807, 2.05) is 31.2 Å². The largest absolute Gasteiger partial charge is 0.494 e. The van der Waals surface area contributed by atoms with Gasteiger partial charge >= 0.3 is 0 Å². The third kappa shape index (κ3) is 3.85. The number of benzene rings is 1. The van der Waals surface area contributed by atoms with Crippen molar-refractivity contribution in [2.24, 2.45) is 0 Å². The van der Waals surface area contributed by atoms with Crippen molar-refractivity contribution >= 4 is 22.5 Å². The zero-order chi connectivity index (χ0) is 16.9. The fraction of sp³-hybridized carbons (Fsp3) is 0.474. The molecule has 0 bridgehead atoms. The summed E-state index contributed by atoms with van der Waals surface area (Å²) in [6.45, 7) is 4.40. The average Bonchev–Trinajstić information content (AvgIpc) is 2.82. The maximum Gasteiger partial charge on any atom is 0.238 e. The summed E-state index contributed by atoms with van der Waals surface area (Å²) >= 11 is 0. The van der Waals surface area contributed by atoms with E-state index in [0.29, 0.717) is 6.54 Å². The van der Waals surface area contributed by atoms with E-state index in [2.05, 4.69) is 15.2 Å². The van der Waals surface area contributed by atoms with Gasteiger partial charge in [0.25, 0.3) is 0 Å². The van der Waals surface area contributed by atoms with Gasteiger partial charge < -0.3 is 10.1 Å². The molecule has 1 aromatic carbocycles. The van der Waals surface area contributed by atoms with E-state index in [4.69, 9.17) is 4.74 Å². The zero-order valence-corrected chi connectivity index (χ0v) is 14.5. The molecule has 0 radical (unpaired) electrons. The molecule has 0 spiro atoms. The van der Waals surface area contributed by atoms with Crippen LogP contribution in [-0.2, 0) is 4.79 Å². The Morgan fingerprint density at radius 2 is 2.00 bits per heavy atom. The fourth-order valence-electron chi connectivity index (χ4n) is 3.31. The summed E-state index contributed by atoms with van der Waals surface area (Å²) in [5, 5.41) is 3.98. The quantitative estimate of drug-likeness (QED) is 0.935. The minimum Gasteiger partial charge on any atom is -0.494 e. The standard InChI is InChI=1S/C19H25N3O2/c1-14-12-16(15-8-7-9-17(24-2)19(15)20-14)21-18(23)13-22-10-5-3-4-6-11-22/h7-9,12H,3-6,10-11,13H2,1-2H3,(H,20,21,23). The Bertz CT molecular complexity index is 722. The highest BCUT2D eigenvalue weighted by Crippen LogP contribution is 2.29. The second-order valence-electron chi connectivity index (χ2n) is 6.41. The molecule has 1 saturated heterocycles. The Kier molecular flexibility index (Phi) is 5.30. The van der Waals surface area contributed by atoms with Gasteiger partial charge in [-0.05, 0) is 45.0 Å². The van der Waals surface area contributed by atoms with Crippen LogP contribution >= 0.6 is 0 Å². The van der Waals surface area contributed by atoms with E-state index in [-0.39, 0.29) is 5.91 Å². The molecule has 2 heterocycles. The number of amides is 1. The van der Waals surface area contributed by atoms with Crippen molar-refractivity contribution in [2.75, 3.05) is 32.1 Å². The van der Waals surface area contributed by atoms with Gasteiger partial charge in [-0.25, -0.2) is 4.98 Å². The number of para-hydroxylation sites is 1. The number of carbonyl (C=O) groups excluding carboxylic acids is 1. The first-order valence-electron chi connectivity index (χ1n) is 8.64. The van der Waals surface area contributed by atoms with Crippen LogP contribution in [0, 0.1) is 6.92 Å². The van der Waals surface area contributed by atoms with E-state index < -0.39 is 0 Å². The molecule has 0 unspecified atom stereocenters. The van der Waals surface area contributed by atoms with Crippen LogP contribution in [0.3, 0.4) is 0 Å². The molecule has 24 heavy (non-hydrogen) atoms. The van der Waals surface area contributed by atoms with Gasteiger partial charge in [0.15, 0.2) is 0 Å². The van der Waals surface area contributed by atoms with Crippen LogP contribution in [0.1, 0.15) is 31.4 Å². The van der Waals surface area contributed by atoms with Crippen molar-refractivity contribution < 1.29 is 9.53 Å². The zero-order valence-electron chi connectivity index (χ0n) is 14.5. The summed E-state index contributed by atoms with van der Waals surface area (Å²) in [6, 6.07) is 7.69. The molecule has 5 heteroatoms. The third-order valence-corrected chi connectivity index (χ3v) is 4.49. The molecule has 1 fully saturated rings.